The smallest absolute Gasteiger partial charge is 0.256 e. The van der Waals surface area contributed by atoms with Crippen LogP contribution in [0.15, 0.2) is 84.9 Å². The third-order valence-corrected chi connectivity index (χ3v) is 7.39. The molecule has 8 heteroatoms. The van der Waals surface area contributed by atoms with E-state index in [1.165, 1.54) is 0 Å². The Morgan fingerprint density at radius 3 is 2.24 bits per heavy atom. The van der Waals surface area contributed by atoms with Gasteiger partial charge in [-0.25, -0.2) is 0 Å². The molecule has 4 aromatic carbocycles. The molecule has 0 bridgehead atoms. The summed E-state index contributed by atoms with van der Waals surface area (Å²) in [5.74, 6) is 0.458. The predicted octanol–water partition coefficient (Wildman–Crippen LogP) is 5.19. The van der Waals surface area contributed by atoms with E-state index in [1.807, 2.05) is 72.8 Å². The SMILES string of the molecule is COCCCNC(=O)c1cc(NC(=O)c2cccc3ccccc23)ccc1N1CCN(c2ccccc2OC)CC1. The van der Waals surface area contributed by atoms with Crippen LogP contribution in [0.1, 0.15) is 27.1 Å². The van der Waals surface area contributed by atoms with Crippen molar-refractivity contribution in [3.05, 3.63) is 96.1 Å². The highest BCUT2D eigenvalue weighted by atomic mass is 16.5. The summed E-state index contributed by atoms with van der Waals surface area (Å²) in [6.45, 7) is 4.12. The molecule has 1 fully saturated rings. The second-order valence-corrected chi connectivity index (χ2v) is 9.96. The number of carbonyl (C=O) groups is 2. The molecule has 0 atom stereocenters. The highest BCUT2D eigenvalue weighted by Crippen LogP contribution is 2.31. The van der Waals surface area contributed by atoms with Crippen LogP contribution in [0.25, 0.3) is 10.8 Å². The van der Waals surface area contributed by atoms with Crippen LogP contribution in [-0.2, 0) is 4.74 Å². The van der Waals surface area contributed by atoms with Gasteiger partial charge >= 0.3 is 0 Å². The molecule has 8 nitrogen and oxygen atoms in total. The molecule has 212 valence electrons. The molecule has 41 heavy (non-hydrogen) atoms. The molecule has 0 unspecified atom stereocenters. The summed E-state index contributed by atoms with van der Waals surface area (Å²) in [5.41, 5.74) is 3.60. The first-order valence-electron chi connectivity index (χ1n) is 13.9. The fourth-order valence-corrected chi connectivity index (χ4v) is 5.29. The number of nitrogens with zero attached hydrogens (tertiary/aromatic N) is 2. The number of methoxy groups -OCH3 is 2. The molecule has 0 radical (unpaired) electrons. The Hall–Kier alpha value is -4.56. The van der Waals surface area contributed by atoms with E-state index in [0.717, 1.165) is 54.1 Å². The minimum absolute atomic E-state index is 0.176. The molecule has 1 heterocycles. The van der Waals surface area contributed by atoms with E-state index in [4.69, 9.17) is 9.47 Å². The highest BCUT2D eigenvalue weighted by Gasteiger charge is 2.24. The Kier molecular flexibility index (Phi) is 9.01. The molecule has 0 aliphatic carbocycles. The highest BCUT2D eigenvalue weighted by molar-refractivity contribution is 6.13. The molecule has 4 aromatic rings. The number of rotatable bonds is 10. The molecular weight excluding hydrogens is 516 g/mol. The van der Waals surface area contributed by atoms with Gasteiger partial charge in [-0.1, -0.05) is 48.5 Å². The Bertz CT molecular complexity index is 1510. The van der Waals surface area contributed by atoms with Crippen LogP contribution in [-0.4, -0.2) is 65.4 Å². The number of ether oxygens (including phenoxy) is 2. The number of benzene rings is 4. The third-order valence-electron chi connectivity index (χ3n) is 7.39. The third kappa shape index (κ3) is 6.44. The van der Waals surface area contributed by atoms with Gasteiger partial charge in [-0.2, -0.15) is 0 Å². The van der Waals surface area contributed by atoms with Gasteiger partial charge in [0.1, 0.15) is 5.75 Å². The van der Waals surface area contributed by atoms with Crippen LogP contribution in [0.5, 0.6) is 5.75 Å². The number of nitrogens with one attached hydrogen (secondary N) is 2. The van der Waals surface area contributed by atoms with Crippen LogP contribution >= 0.6 is 0 Å². The van der Waals surface area contributed by atoms with Crippen molar-refractivity contribution in [2.75, 3.05) is 68.7 Å². The number of amides is 2. The Balaban J connectivity index is 1.37. The van der Waals surface area contributed by atoms with Crippen molar-refractivity contribution in [3.8, 4) is 5.75 Å². The molecule has 2 N–H and O–H groups in total. The zero-order valence-corrected chi connectivity index (χ0v) is 23.6. The summed E-state index contributed by atoms with van der Waals surface area (Å²) < 4.78 is 10.7. The molecule has 0 aromatic heterocycles. The lowest BCUT2D eigenvalue weighted by Crippen LogP contribution is -2.47. The van der Waals surface area contributed by atoms with Gasteiger partial charge in [-0.3, -0.25) is 9.59 Å². The first kappa shape index (κ1) is 28.0. The van der Waals surface area contributed by atoms with Gasteiger partial charge < -0.3 is 29.9 Å². The number of carbonyl (C=O) groups excluding carboxylic acids is 2. The maximum atomic E-state index is 13.4. The quantitative estimate of drug-likeness (QED) is 0.264. The average molecular weight is 553 g/mol. The standard InChI is InChI=1S/C33H36N4O4/c1-40-22-8-17-34-32(38)28-23-25(35-33(39)27-12-7-10-24-9-3-4-11-26(24)27)15-16-29(28)36-18-20-37(21-19-36)30-13-5-6-14-31(30)41-2/h3-7,9-16,23H,8,17-22H2,1-2H3,(H,34,38)(H,35,39). The fourth-order valence-electron chi connectivity index (χ4n) is 5.29. The zero-order chi connectivity index (χ0) is 28.6. The van der Waals surface area contributed by atoms with Gasteiger partial charge in [0.15, 0.2) is 0 Å². The predicted molar refractivity (Wildman–Crippen MR) is 165 cm³/mol. The van der Waals surface area contributed by atoms with E-state index >= 15 is 0 Å². The second kappa shape index (κ2) is 13.2. The summed E-state index contributed by atoms with van der Waals surface area (Å²) in [7, 11) is 3.33. The summed E-state index contributed by atoms with van der Waals surface area (Å²) in [6.07, 6.45) is 0.715. The minimum Gasteiger partial charge on any atom is -0.495 e. The largest absolute Gasteiger partial charge is 0.495 e. The van der Waals surface area contributed by atoms with Crippen LogP contribution in [0, 0.1) is 0 Å². The summed E-state index contributed by atoms with van der Waals surface area (Å²) in [4.78, 5) is 31.2. The second-order valence-electron chi connectivity index (χ2n) is 9.96. The van der Waals surface area contributed by atoms with Crippen LogP contribution in [0.4, 0.5) is 17.1 Å². The Morgan fingerprint density at radius 2 is 1.46 bits per heavy atom. The van der Waals surface area contributed by atoms with E-state index < -0.39 is 0 Å². The van der Waals surface area contributed by atoms with E-state index in [2.05, 4.69) is 26.5 Å². The van der Waals surface area contributed by atoms with E-state index in [1.54, 1.807) is 20.3 Å². The maximum absolute atomic E-state index is 13.4. The number of piperazine rings is 1. The van der Waals surface area contributed by atoms with Crippen molar-refractivity contribution in [3.63, 3.8) is 0 Å². The average Bonchev–Trinajstić information content (AvgIpc) is 3.02. The number of hydrogen-bond acceptors (Lipinski definition) is 6. The summed E-state index contributed by atoms with van der Waals surface area (Å²) in [5, 5.41) is 7.91. The van der Waals surface area contributed by atoms with Crippen LogP contribution < -0.4 is 25.2 Å². The number of para-hydroxylation sites is 2. The van der Waals surface area contributed by atoms with Gasteiger partial charge in [-0.15, -0.1) is 0 Å². The van der Waals surface area contributed by atoms with Crippen molar-refractivity contribution in [1.82, 2.24) is 5.32 Å². The van der Waals surface area contributed by atoms with Crippen molar-refractivity contribution in [1.29, 1.82) is 0 Å². The van der Waals surface area contributed by atoms with Gasteiger partial charge in [0.2, 0.25) is 0 Å². The van der Waals surface area contributed by atoms with Crippen LogP contribution in [0.2, 0.25) is 0 Å². The Morgan fingerprint density at radius 1 is 0.756 bits per heavy atom. The van der Waals surface area contributed by atoms with Crippen molar-refractivity contribution in [2.24, 2.45) is 0 Å². The first-order valence-corrected chi connectivity index (χ1v) is 13.9. The molecular formula is C33H36N4O4. The van der Waals surface area contributed by atoms with Gasteiger partial charge in [0.25, 0.3) is 11.8 Å². The Labute approximate surface area is 240 Å². The van der Waals surface area contributed by atoms with Crippen molar-refractivity contribution < 1.29 is 19.1 Å². The topological polar surface area (TPSA) is 83.1 Å². The van der Waals surface area contributed by atoms with E-state index in [-0.39, 0.29) is 11.8 Å². The monoisotopic (exact) mass is 552 g/mol. The number of fused-ring (bicyclic) bond motifs is 1. The van der Waals surface area contributed by atoms with E-state index in [9.17, 15) is 9.59 Å². The first-order chi connectivity index (χ1) is 20.1. The minimum atomic E-state index is -0.216. The lowest BCUT2D eigenvalue weighted by Gasteiger charge is -2.38. The lowest BCUT2D eigenvalue weighted by atomic mass is 10.0. The maximum Gasteiger partial charge on any atom is 0.256 e. The van der Waals surface area contributed by atoms with Gasteiger partial charge in [-0.05, 0) is 53.6 Å². The number of hydrogen-bond donors (Lipinski definition) is 2. The number of anilines is 3. The lowest BCUT2D eigenvalue weighted by molar-refractivity contribution is 0.0947. The summed E-state index contributed by atoms with van der Waals surface area (Å²) in [6, 6.07) is 27.1. The van der Waals surface area contributed by atoms with Crippen molar-refractivity contribution >= 4 is 39.6 Å². The molecule has 5 rings (SSSR count). The van der Waals surface area contributed by atoms with Gasteiger partial charge in [0.05, 0.1) is 18.4 Å². The molecule has 0 saturated carbocycles. The molecule has 1 saturated heterocycles. The molecule has 1 aliphatic heterocycles. The zero-order valence-electron chi connectivity index (χ0n) is 23.6. The van der Waals surface area contributed by atoms with Gasteiger partial charge in [0, 0.05) is 63.4 Å². The fraction of sp³-hybridized carbons (Fsp3) is 0.273. The van der Waals surface area contributed by atoms with E-state index in [0.29, 0.717) is 36.4 Å². The molecule has 1 aliphatic rings. The van der Waals surface area contributed by atoms with Crippen LogP contribution in [0.3, 0.4) is 0 Å². The molecule has 2 amide bonds. The normalized spacial score (nSPS) is 13.2. The molecule has 0 spiro atoms. The van der Waals surface area contributed by atoms with Crippen molar-refractivity contribution in [2.45, 2.75) is 6.42 Å². The summed E-state index contributed by atoms with van der Waals surface area (Å²) >= 11 is 0.